The molecule has 0 saturated carbocycles. The van der Waals surface area contributed by atoms with Crippen molar-refractivity contribution < 1.29 is 9.53 Å². The molecule has 0 aliphatic carbocycles. The van der Waals surface area contributed by atoms with E-state index < -0.39 is 0 Å². The fraction of sp³-hybridized carbons (Fsp3) is 0.556. The Morgan fingerprint density at radius 3 is 3.00 bits per heavy atom. The molecule has 1 heterocycles. The molecule has 0 unspecified atom stereocenters. The molecule has 1 rings (SSSR count). The lowest BCUT2D eigenvalue weighted by Crippen LogP contribution is -2.35. The fourth-order valence-electron chi connectivity index (χ4n) is 1.05. The third-order valence-electron chi connectivity index (χ3n) is 1.64. The van der Waals surface area contributed by atoms with E-state index in [0.29, 0.717) is 11.5 Å². The molecule has 1 amide bonds. The third-order valence-corrected chi connectivity index (χ3v) is 2.55. The zero-order valence-corrected chi connectivity index (χ0v) is 9.35. The van der Waals surface area contributed by atoms with Gasteiger partial charge in [-0.1, -0.05) is 0 Å². The first-order chi connectivity index (χ1) is 6.63. The summed E-state index contributed by atoms with van der Waals surface area (Å²) in [5.74, 6) is -0.0832. The van der Waals surface area contributed by atoms with Gasteiger partial charge < -0.3 is 10.1 Å². The Morgan fingerprint density at radius 1 is 1.79 bits per heavy atom. The maximum Gasteiger partial charge on any atom is 0.263 e. The first-order valence-corrected chi connectivity index (χ1v) is 5.17. The first-order valence-electron chi connectivity index (χ1n) is 4.35. The molecule has 0 aliphatic rings. The molecule has 5 heteroatoms. The summed E-state index contributed by atoms with van der Waals surface area (Å²) in [6, 6.07) is 0.0231. The van der Waals surface area contributed by atoms with Crippen molar-refractivity contribution in [1.29, 1.82) is 0 Å². The summed E-state index contributed by atoms with van der Waals surface area (Å²) in [6.45, 7) is 4.29. The number of nitrogens with zero attached hydrogens (tertiary/aromatic N) is 1. The molecule has 0 bridgehead atoms. The highest BCUT2D eigenvalue weighted by atomic mass is 32.1. The SMILES string of the molecule is COC[C@@H](C)NC(=O)c1cnc(C)s1. The average molecular weight is 214 g/mol. The van der Waals surface area contributed by atoms with Crippen molar-refractivity contribution in [3.8, 4) is 0 Å². The van der Waals surface area contributed by atoms with Crippen molar-refractivity contribution in [2.45, 2.75) is 19.9 Å². The quantitative estimate of drug-likeness (QED) is 0.819. The lowest BCUT2D eigenvalue weighted by molar-refractivity contribution is 0.0909. The van der Waals surface area contributed by atoms with Gasteiger partial charge in [-0.2, -0.15) is 0 Å². The monoisotopic (exact) mass is 214 g/mol. The highest BCUT2D eigenvalue weighted by Crippen LogP contribution is 2.11. The molecule has 0 fully saturated rings. The summed E-state index contributed by atoms with van der Waals surface area (Å²) < 4.78 is 4.92. The number of ether oxygens (including phenoxy) is 1. The molecule has 0 aromatic carbocycles. The third kappa shape index (κ3) is 3.08. The number of amides is 1. The maximum absolute atomic E-state index is 11.5. The molecule has 1 aromatic rings. The van der Waals surface area contributed by atoms with Crippen LogP contribution in [0.15, 0.2) is 6.20 Å². The minimum absolute atomic E-state index is 0.0231. The van der Waals surface area contributed by atoms with Gasteiger partial charge in [0.2, 0.25) is 0 Å². The van der Waals surface area contributed by atoms with Crippen LogP contribution in [0.5, 0.6) is 0 Å². The second-order valence-corrected chi connectivity index (χ2v) is 4.31. The standard InChI is InChI=1S/C9H14N2O2S/c1-6(5-13-3)11-9(12)8-4-10-7(2)14-8/h4,6H,5H2,1-3H3,(H,11,12)/t6-/m1/s1. The Balaban J connectivity index is 2.50. The Morgan fingerprint density at radius 2 is 2.50 bits per heavy atom. The van der Waals surface area contributed by atoms with Crippen molar-refractivity contribution >= 4 is 17.2 Å². The van der Waals surface area contributed by atoms with Gasteiger partial charge in [-0.05, 0) is 13.8 Å². The molecule has 1 atom stereocenters. The molecule has 4 nitrogen and oxygen atoms in total. The van der Waals surface area contributed by atoms with Crippen LogP contribution in [-0.4, -0.2) is 30.6 Å². The van der Waals surface area contributed by atoms with Gasteiger partial charge in [0.05, 0.1) is 17.8 Å². The zero-order chi connectivity index (χ0) is 10.6. The summed E-state index contributed by atoms with van der Waals surface area (Å²) >= 11 is 1.39. The van der Waals surface area contributed by atoms with E-state index in [1.807, 2.05) is 13.8 Å². The molecule has 14 heavy (non-hydrogen) atoms. The van der Waals surface area contributed by atoms with Gasteiger partial charge in [0.25, 0.3) is 5.91 Å². The van der Waals surface area contributed by atoms with Gasteiger partial charge in [0, 0.05) is 13.2 Å². The Bertz CT molecular complexity index is 312. The molecule has 1 aromatic heterocycles. The van der Waals surface area contributed by atoms with Crippen LogP contribution in [0.2, 0.25) is 0 Å². The highest BCUT2D eigenvalue weighted by Gasteiger charge is 2.11. The number of aryl methyl sites for hydroxylation is 1. The zero-order valence-electron chi connectivity index (χ0n) is 8.53. The number of methoxy groups -OCH3 is 1. The van der Waals surface area contributed by atoms with Crippen LogP contribution in [0.3, 0.4) is 0 Å². The van der Waals surface area contributed by atoms with E-state index in [1.54, 1.807) is 13.3 Å². The van der Waals surface area contributed by atoms with Crippen molar-refractivity contribution in [2.24, 2.45) is 0 Å². The summed E-state index contributed by atoms with van der Waals surface area (Å²) in [4.78, 5) is 16.2. The smallest absolute Gasteiger partial charge is 0.263 e. The summed E-state index contributed by atoms with van der Waals surface area (Å²) in [7, 11) is 1.61. The van der Waals surface area contributed by atoms with E-state index in [2.05, 4.69) is 10.3 Å². The predicted molar refractivity (Wildman–Crippen MR) is 55.7 cm³/mol. The number of aromatic nitrogens is 1. The van der Waals surface area contributed by atoms with Crippen LogP contribution >= 0.6 is 11.3 Å². The Kier molecular flexibility index (Phi) is 4.03. The summed E-state index contributed by atoms with van der Waals surface area (Å²) in [5.41, 5.74) is 0. The number of nitrogens with one attached hydrogen (secondary N) is 1. The molecule has 1 N–H and O–H groups in total. The lowest BCUT2D eigenvalue weighted by atomic mass is 10.3. The van der Waals surface area contributed by atoms with E-state index in [0.717, 1.165) is 5.01 Å². The number of hydrogen-bond acceptors (Lipinski definition) is 4. The van der Waals surface area contributed by atoms with Gasteiger partial charge in [0.1, 0.15) is 4.88 Å². The normalized spacial score (nSPS) is 12.5. The minimum atomic E-state index is -0.0832. The number of carbonyl (C=O) groups excluding carboxylic acids is 1. The van der Waals surface area contributed by atoms with Crippen LogP contribution < -0.4 is 5.32 Å². The highest BCUT2D eigenvalue weighted by molar-refractivity contribution is 7.13. The summed E-state index contributed by atoms with van der Waals surface area (Å²) in [6.07, 6.45) is 1.59. The van der Waals surface area contributed by atoms with Crippen molar-refractivity contribution in [3.63, 3.8) is 0 Å². The number of hydrogen-bond donors (Lipinski definition) is 1. The van der Waals surface area contributed by atoms with Gasteiger partial charge >= 0.3 is 0 Å². The largest absolute Gasteiger partial charge is 0.383 e. The van der Waals surface area contributed by atoms with Gasteiger partial charge in [-0.3, -0.25) is 4.79 Å². The first kappa shape index (κ1) is 11.1. The van der Waals surface area contributed by atoms with Crippen LogP contribution in [0.1, 0.15) is 21.6 Å². The van der Waals surface area contributed by atoms with Gasteiger partial charge in [0.15, 0.2) is 0 Å². The molecular formula is C9H14N2O2S. The van der Waals surface area contributed by atoms with E-state index in [4.69, 9.17) is 4.74 Å². The van der Waals surface area contributed by atoms with Crippen molar-refractivity contribution in [1.82, 2.24) is 10.3 Å². The molecular weight excluding hydrogens is 200 g/mol. The van der Waals surface area contributed by atoms with Crippen LogP contribution in [-0.2, 0) is 4.74 Å². The van der Waals surface area contributed by atoms with Crippen LogP contribution in [0, 0.1) is 6.92 Å². The van der Waals surface area contributed by atoms with Gasteiger partial charge in [-0.25, -0.2) is 4.98 Å². The van der Waals surface area contributed by atoms with Crippen LogP contribution in [0.4, 0.5) is 0 Å². The Labute approximate surface area is 87.3 Å². The number of carbonyl (C=O) groups is 1. The van der Waals surface area contributed by atoms with E-state index in [-0.39, 0.29) is 11.9 Å². The van der Waals surface area contributed by atoms with E-state index >= 15 is 0 Å². The van der Waals surface area contributed by atoms with E-state index in [1.165, 1.54) is 11.3 Å². The molecule has 0 saturated heterocycles. The molecule has 0 radical (unpaired) electrons. The second kappa shape index (κ2) is 5.07. The predicted octanol–water partition coefficient (Wildman–Crippen LogP) is 1.22. The topological polar surface area (TPSA) is 51.2 Å². The average Bonchev–Trinajstić information content (AvgIpc) is 2.52. The molecule has 78 valence electrons. The Hall–Kier alpha value is -0.940. The summed E-state index contributed by atoms with van der Waals surface area (Å²) in [5, 5.41) is 3.71. The molecule has 0 spiro atoms. The van der Waals surface area contributed by atoms with Gasteiger partial charge in [-0.15, -0.1) is 11.3 Å². The second-order valence-electron chi connectivity index (χ2n) is 3.07. The fourth-order valence-corrected chi connectivity index (χ4v) is 1.73. The number of rotatable bonds is 4. The maximum atomic E-state index is 11.5. The van der Waals surface area contributed by atoms with Crippen molar-refractivity contribution in [2.75, 3.05) is 13.7 Å². The lowest BCUT2D eigenvalue weighted by Gasteiger charge is -2.11. The van der Waals surface area contributed by atoms with Crippen molar-refractivity contribution in [3.05, 3.63) is 16.1 Å². The number of thiazole rings is 1. The minimum Gasteiger partial charge on any atom is -0.383 e. The van der Waals surface area contributed by atoms with Crippen LogP contribution in [0.25, 0.3) is 0 Å². The van der Waals surface area contributed by atoms with E-state index in [9.17, 15) is 4.79 Å². The molecule has 0 aliphatic heterocycles.